The van der Waals surface area contributed by atoms with Gasteiger partial charge < -0.3 is 9.64 Å². The molecule has 0 radical (unpaired) electrons. The predicted octanol–water partition coefficient (Wildman–Crippen LogP) is 10.8. The summed E-state index contributed by atoms with van der Waals surface area (Å²) in [5.74, 6) is 0. The van der Waals surface area contributed by atoms with Crippen molar-refractivity contribution >= 4 is 28.9 Å². The van der Waals surface area contributed by atoms with Crippen LogP contribution in [0.15, 0.2) is 42.5 Å². The Bertz CT molecular complexity index is 964. The molecule has 0 amide bonds. The predicted molar refractivity (Wildman–Crippen MR) is 167 cm³/mol. The molecule has 0 aromatic heterocycles. The molecule has 2 aromatic rings. The van der Waals surface area contributed by atoms with Crippen molar-refractivity contribution < 1.29 is 4.74 Å². The Morgan fingerprint density at radius 1 is 0.921 bits per heavy atom. The number of halogens is 2. The number of benzene rings is 2. The van der Waals surface area contributed by atoms with E-state index >= 15 is 0 Å². The number of unbranched alkanes of at least 4 members (excludes halogenated alkanes) is 9. The van der Waals surface area contributed by atoms with Gasteiger partial charge in [0.2, 0.25) is 0 Å². The fourth-order valence-corrected chi connectivity index (χ4v) is 7.06. The summed E-state index contributed by atoms with van der Waals surface area (Å²) in [4.78, 5) is 2.56. The molecule has 1 aliphatic heterocycles. The van der Waals surface area contributed by atoms with Crippen LogP contribution in [-0.2, 0) is 16.6 Å². The van der Waals surface area contributed by atoms with Crippen molar-refractivity contribution in [1.29, 1.82) is 0 Å². The summed E-state index contributed by atoms with van der Waals surface area (Å²) in [6, 6.07) is 15.7. The Hall–Kier alpha value is -1.22. The normalized spacial score (nSPS) is 20.8. The van der Waals surface area contributed by atoms with Crippen LogP contribution >= 0.6 is 23.2 Å². The lowest BCUT2D eigenvalue weighted by Gasteiger charge is -2.50. The van der Waals surface area contributed by atoms with Crippen molar-refractivity contribution in [3.05, 3.63) is 63.6 Å². The van der Waals surface area contributed by atoms with E-state index in [1.54, 1.807) is 0 Å². The minimum atomic E-state index is -0.0142. The smallest absolute Gasteiger partial charge is 0.0771 e. The Kier molecular flexibility index (Phi) is 12.8. The Morgan fingerprint density at radius 2 is 1.50 bits per heavy atom. The lowest BCUT2D eigenvalue weighted by atomic mass is 9.69. The van der Waals surface area contributed by atoms with E-state index in [4.69, 9.17) is 27.9 Å². The fraction of sp³-hybridized carbons (Fsp3) is 0.647. The number of fused-ring (bicyclic) bond motifs is 1. The number of hydrogen-bond acceptors (Lipinski definition) is 2. The van der Waals surface area contributed by atoms with Gasteiger partial charge in [0.1, 0.15) is 0 Å². The quantitative estimate of drug-likeness (QED) is 0.189. The van der Waals surface area contributed by atoms with E-state index < -0.39 is 0 Å². The van der Waals surface area contributed by atoms with Crippen molar-refractivity contribution in [2.45, 2.75) is 135 Å². The van der Waals surface area contributed by atoms with Crippen molar-refractivity contribution in [1.82, 2.24) is 0 Å². The average Bonchev–Trinajstić information content (AvgIpc) is 2.89. The first kappa shape index (κ1) is 31.3. The minimum Gasteiger partial charge on any atom is -0.379 e. The van der Waals surface area contributed by atoms with Crippen LogP contribution in [0.2, 0.25) is 10.0 Å². The molecular weight excluding hydrogens is 509 g/mol. The van der Waals surface area contributed by atoms with E-state index in [9.17, 15) is 0 Å². The summed E-state index contributed by atoms with van der Waals surface area (Å²) in [7, 11) is 1.88. The molecule has 4 heteroatoms. The third-order valence-corrected chi connectivity index (χ3v) is 9.47. The summed E-state index contributed by atoms with van der Waals surface area (Å²) in [5, 5.41) is 1.27. The number of ether oxygens (including phenoxy) is 1. The van der Waals surface area contributed by atoms with Crippen LogP contribution in [-0.4, -0.2) is 25.3 Å². The zero-order valence-corrected chi connectivity index (χ0v) is 26.1. The molecule has 0 saturated heterocycles. The molecule has 4 atom stereocenters. The first-order valence-corrected chi connectivity index (χ1v) is 15.9. The summed E-state index contributed by atoms with van der Waals surface area (Å²) < 4.78 is 6.11. The number of anilines is 1. The van der Waals surface area contributed by atoms with Gasteiger partial charge in [-0.25, -0.2) is 0 Å². The number of rotatable bonds is 16. The highest BCUT2D eigenvalue weighted by molar-refractivity contribution is 6.42. The van der Waals surface area contributed by atoms with Crippen LogP contribution < -0.4 is 4.90 Å². The van der Waals surface area contributed by atoms with Gasteiger partial charge in [0.05, 0.1) is 22.2 Å². The van der Waals surface area contributed by atoms with Gasteiger partial charge in [-0.15, -0.1) is 0 Å². The first-order valence-electron chi connectivity index (χ1n) is 15.1. The lowest BCUT2D eigenvalue weighted by Crippen LogP contribution is -2.53. The zero-order chi connectivity index (χ0) is 27.5. The highest BCUT2D eigenvalue weighted by atomic mass is 35.5. The number of hydrogen-bond donors (Lipinski definition) is 0. The third-order valence-electron chi connectivity index (χ3n) is 8.75. The second-order valence-electron chi connectivity index (χ2n) is 12.0. The average molecular weight is 561 g/mol. The van der Waals surface area contributed by atoms with Crippen molar-refractivity contribution in [2.24, 2.45) is 0 Å². The molecule has 4 unspecified atom stereocenters. The lowest BCUT2D eigenvalue weighted by molar-refractivity contribution is 0.0691. The van der Waals surface area contributed by atoms with Gasteiger partial charge >= 0.3 is 0 Å². The topological polar surface area (TPSA) is 12.5 Å². The summed E-state index contributed by atoms with van der Waals surface area (Å²) in [6.07, 6.45) is 16.9. The van der Waals surface area contributed by atoms with Gasteiger partial charge in [-0.1, -0.05) is 132 Å². The fourth-order valence-electron chi connectivity index (χ4n) is 6.73. The van der Waals surface area contributed by atoms with Crippen LogP contribution in [0, 0.1) is 0 Å². The van der Waals surface area contributed by atoms with Crippen LogP contribution in [0.3, 0.4) is 0 Å². The largest absolute Gasteiger partial charge is 0.379 e. The van der Waals surface area contributed by atoms with Gasteiger partial charge in [-0.2, -0.15) is 0 Å². The molecule has 0 fully saturated rings. The molecule has 38 heavy (non-hydrogen) atoms. The molecule has 212 valence electrons. The Morgan fingerprint density at radius 3 is 2.11 bits per heavy atom. The van der Waals surface area contributed by atoms with E-state index in [1.807, 2.05) is 7.11 Å². The van der Waals surface area contributed by atoms with Crippen molar-refractivity contribution in [3.8, 4) is 0 Å². The second-order valence-corrected chi connectivity index (χ2v) is 12.8. The van der Waals surface area contributed by atoms with Crippen LogP contribution in [0.25, 0.3) is 0 Å². The summed E-state index contributed by atoms with van der Waals surface area (Å²) in [6.45, 7) is 9.36. The monoisotopic (exact) mass is 559 g/mol. The van der Waals surface area contributed by atoms with E-state index in [1.165, 1.54) is 81.0 Å². The molecule has 0 aliphatic carbocycles. The van der Waals surface area contributed by atoms with Crippen molar-refractivity contribution in [2.75, 3.05) is 12.0 Å². The molecule has 1 aliphatic rings. The van der Waals surface area contributed by atoms with Crippen LogP contribution in [0.4, 0.5) is 5.69 Å². The molecule has 0 N–H and O–H groups in total. The molecule has 2 aromatic carbocycles. The van der Waals surface area contributed by atoms with E-state index in [0.29, 0.717) is 16.1 Å². The highest BCUT2D eigenvalue weighted by Crippen LogP contribution is 2.48. The maximum absolute atomic E-state index is 6.62. The molecule has 3 rings (SSSR count). The first-order chi connectivity index (χ1) is 18.3. The van der Waals surface area contributed by atoms with E-state index in [2.05, 4.69) is 75.1 Å². The molecule has 1 heterocycles. The van der Waals surface area contributed by atoms with Gasteiger partial charge in [0.25, 0.3) is 0 Å². The zero-order valence-electron chi connectivity index (χ0n) is 24.6. The molecule has 0 saturated carbocycles. The molecule has 2 nitrogen and oxygen atoms in total. The van der Waals surface area contributed by atoms with E-state index in [-0.39, 0.29) is 17.6 Å². The van der Waals surface area contributed by atoms with Gasteiger partial charge in [0, 0.05) is 24.3 Å². The molecule has 0 spiro atoms. The molecular formula is C34H51Cl2NO. The SMILES string of the molecule is CCCCCCCCCCCCC(OC)C(C)N1c2cc(Cl)c(Cl)cc2C(C)(Cc2ccccc2)CC1C. The van der Waals surface area contributed by atoms with Gasteiger partial charge in [-0.05, 0) is 56.4 Å². The second kappa shape index (κ2) is 15.5. The van der Waals surface area contributed by atoms with Crippen LogP contribution in [0.1, 0.15) is 116 Å². The highest BCUT2D eigenvalue weighted by Gasteiger charge is 2.42. The van der Waals surface area contributed by atoms with Gasteiger partial charge in [0.15, 0.2) is 0 Å². The number of nitrogens with zero attached hydrogens (tertiary/aromatic N) is 1. The molecule has 0 bridgehead atoms. The van der Waals surface area contributed by atoms with Gasteiger partial charge in [-0.3, -0.25) is 0 Å². The minimum absolute atomic E-state index is 0.0142. The maximum atomic E-state index is 6.62. The summed E-state index contributed by atoms with van der Waals surface area (Å²) in [5.41, 5.74) is 3.86. The third kappa shape index (κ3) is 8.39. The number of methoxy groups -OCH3 is 1. The van der Waals surface area contributed by atoms with Crippen molar-refractivity contribution in [3.63, 3.8) is 0 Å². The van der Waals surface area contributed by atoms with E-state index in [0.717, 1.165) is 19.3 Å². The Labute approximate surface area is 243 Å². The Balaban J connectivity index is 1.66. The maximum Gasteiger partial charge on any atom is 0.0771 e. The standard InChI is InChI=1S/C34H51Cl2NO/c1-6-7-8-9-10-11-12-13-14-18-21-33(38-5)27(3)37-26(2)24-34(4,25-28-19-16-15-17-20-28)29-22-30(35)31(36)23-32(29)37/h15-17,19-20,22-23,26-27,33H,6-14,18,21,24-25H2,1-5H3. The van der Waals surface area contributed by atoms with Crippen LogP contribution in [0.5, 0.6) is 0 Å². The summed E-state index contributed by atoms with van der Waals surface area (Å²) >= 11 is 13.2.